The number of hydrogen-bond acceptors (Lipinski definition) is 2. The number of aryl methyl sites for hydroxylation is 1. The summed E-state index contributed by atoms with van der Waals surface area (Å²) in [4.78, 5) is 11.9. The molecule has 0 spiro atoms. The molecule has 0 atom stereocenters. The van der Waals surface area contributed by atoms with E-state index in [2.05, 4.69) is 13.8 Å². The summed E-state index contributed by atoms with van der Waals surface area (Å²) in [5.41, 5.74) is 1.91. The van der Waals surface area contributed by atoms with Crippen LogP contribution in [0.2, 0.25) is 0 Å². The highest BCUT2D eigenvalue weighted by atomic mass is 16.5. The summed E-state index contributed by atoms with van der Waals surface area (Å²) in [6.45, 7) is 4.93. The van der Waals surface area contributed by atoms with Crippen LogP contribution < -0.4 is 0 Å². The second kappa shape index (κ2) is 15.0. The van der Waals surface area contributed by atoms with Gasteiger partial charge in [0.15, 0.2) is 0 Å². The SMILES string of the molecule is CCCCCCCCCCCCCCOC(=O)c1ccc(CC)cc1. The van der Waals surface area contributed by atoms with E-state index in [4.69, 9.17) is 4.74 Å². The maximum atomic E-state index is 11.9. The summed E-state index contributed by atoms with van der Waals surface area (Å²) in [7, 11) is 0. The molecule has 0 radical (unpaired) electrons. The van der Waals surface area contributed by atoms with Gasteiger partial charge < -0.3 is 4.74 Å². The third kappa shape index (κ3) is 11.0. The summed E-state index contributed by atoms with van der Waals surface area (Å²) >= 11 is 0. The van der Waals surface area contributed by atoms with Crippen LogP contribution in [-0.4, -0.2) is 12.6 Å². The fourth-order valence-electron chi connectivity index (χ4n) is 3.07. The Balaban J connectivity index is 1.90. The van der Waals surface area contributed by atoms with Gasteiger partial charge in [-0.15, -0.1) is 0 Å². The molecule has 0 saturated heterocycles. The third-order valence-corrected chi connectivity index (χ3v) is 4.83. The Morgan fingerprint density at radius 3 is 1.68 bits per heavy atom. The molecule has 0 bridgehead atoms. The molecule has 0 heterocycles. The van der Waals surface area contributed by atoms with E-state index in [1.165, 1.54) is 76.2 Å². The van der Waals surface area contributed by atoms with Crippen LogP contribution in [0.3, 0.4) is 0 Å². The van der Waals surface area contributed by atoms with E-state index in [-0.39, 0.29) is 5.97 Å². The number of esters is 1. The Kier molecular flexibility index (Phi) is 13.0. The molecule has 25 heavy (non-hydrogen) atoms. The van der Waals surface area contributed by atoms with Crippen molar-refractivity contribution in [2.45, 2.75) is 97.3 Å². The molecule has 0 saturated carbocycles. The van der Waals surface area contributed by atoms with Crippen molar-refractivity contribution in [2.75, 3.05) is 6.61 Å². The first-order valence-corrected chi connectivity index (χ1v) is 10.5. The first kappa shape index (κ1) is 21.7. The maximum Gasteiger partial charge on any atom is 0.338 e. The molecule has 0 aliphatic carbocycles. The van der Waals surface area contributed by atoms with Crippen molar-refractivity contribution in [1.82, 2.24) is 0 Å². The van der Waals surface area contributed by atoms with Gasteiger partial charge in [0.25, 0.3) is 0 Å². The molecule has 1 rings (SSSR count). The highest BCUT2D eigenvalue weighted by Crippen LogP contribution is 2.12. The monoisotopic (exact) mass is 346 g/mol. The van der Waals surface area contributed by atoms with Gasteiger partial charge in [-0.25, -0.2) is 4.79 Å². The van der Waals surface area contributed by atoms with E-state index in [9.17, 15) is 4.79 Å². The minimum Gasteiger partial charge on any atom is -0.462 e. The maximum absolute atomic E-state index is 11.9. The van der Waals surface area contributed by atoms with Crippen LogP contribution in [0, 0.1) is 0 Å². The molecule has 0 aromatic heterocycles. The van der Waals surface area contributed by atoms with Crippen molar-refractivity contribution in [3.63, 3.8) is 0 Å². The zero-order valence-corrected chi connectivity index (χ0v) is 16.5. The Morgan fingerprint density at radius 2 is 1.20 bits per heavy atom. The summed E-state index contributed by atoms with van der Waals surface area (Å²) in [5.74, 6) is -0.189. The number of hydrogen-bond donors (Lipinski definition) is 0. The van der Waals surface area contributed by atoms with Gasteiger partial charge in [0.2, 0.25) is 0 Å². The van der Waals surface area contributed by atoms with Crippen LogP contribution in [0.15, 0.2) is 24.3 Å². The average Bonchev–Trinajstić information content (AvgIpc) is 2.65. The number of carbonyl (C=O) groups excluding carboxylic acids is 1. The second-order valence-electron chi connectivity index (χ2n) is 7.08. The Bertz CT molecular complexity index is 436. The van der Waals surface area contributed by atoms with Crippen LogP contribution in [0.5, 0.6) is 0 Å². The summed E-state index contributed by atoms with van der Waals surface area (Å²) in [6.07, 6.45) is 16.8. The highest BCUT2D eigenvalue weighted by molar-refractivity contribution is 5.89. The van der Waals surface area contributed by atoms with Gasteiger partial charge in [0, 0.05) is 0 Å². The highest BCUT2D eigenvalue weighted by Gasteiger charge is 2.06. The predicted molar refractivity (Wildman–Crippen MR) is 107 cm³/mol. The molecule has 2 nitrogen and oxygen atoms in total. The number of unbranched alkanes of at least 4 members (excludes halogenated alkanes) is 11. The normalized spacial score (nSPS) is 10.8. The van der Waals surface area contributed by atoms with Crippen LogP contribution >= 0.6 is 0 Å². The lowest BCUT2D eigenvalue weighted by Crippen LogP contribution is -2.06. The minimum atomic E-state index is -0.189. The smallest absolute Gasteiger partial charge is 0.338 e. The van der Waals surface area contributed by atoms with Crippen molar-refractivity contribution in [1.29, 1.82) is 0 Å². The van der Waals surface area contributed by atoms with E-state index in [0.717, 1.165) is 12.8 Å². The van der Waals surface area contributed by atoms with Gasteiger partial charge in [-0.2, -0.15) is 0 Å². The molecule has 0 fully saturated rings. The number of carbonyl (C=O) groups is 1. The standard InChI is InChI=1S/C23H38O2/c1-3-5-6-7-8-9-10-11-12-13-14-15-20-25-23(24)22-18-16-21(4-2)17-19-22/h16-19H,3-15,20H2,1-2H3. The third-order valence-electron chi connectivity index (χ3n) is 4.83. The topological polar surface area (TPSA) is 26.3 Å². The van der Waals surface area contributed by atoms with Crippen LogP contribution in [0.1, 0.15) is 107 Å². The molecule has 0 aliphatic rings. The van der Waals surface area contributed by atoms with Crippen molar-refractivity contribution < 1.29 is 9.53 Å². The Morgan fingerprint density at radius 1 is 0.720 bits per heavy atom. The number of benzene rings is 1. The number of ether oxygens (including phenoxy) is 1. The van der Waals surface area contributed by atoms with Crippen molar-refractivity contribution in [3.8, 4) is 0 Å². The molecular weight excluding hydrogens is 308 g/mol. The first-order chi connectivity index (χ1) is 12.3. The van der Waals surface area contributed by atoms with E-state index in [0.29, 0.717) is 12.2 Å². The van der Waals surface area contributed by atoms with E-state index in [1.807, 2.05) is 24.3 Å². The molecule has 0 amide bonds. The van der Waals surface area contributed by atoms with Gasteiger partial charge in [0.05, 0.1) is 12.2 Å². The lowest BCUT2D eigenvalue weighted by atomic mass is 10.1. The van der Waals surface area contributed by atoms with Crippen LogP contribution in [-0.2, 0) is 11.2 Å². The molecule has 2 heteroatoms. The molecular formula is C23H38O2. The lowest BCUT2D eigenvalue weighted by Gasteiger charge is -2.06. The van der Waals surface area contributed by atoms with Gasteiger partial charge in [-0.05, 0) is 30.5 Å². The quantitative estimate of drug-likeness (QED) is 0.250. The second-order valence-corrected chi connectivity index (χ2v) is 7.08. The van der Waals surface area contributed by atoms with Crippen molar-refractivity contribution in [3.05, 3.63) is 35.4 Å². The van der Waals surface area contributed by atoms with Crippen molar-refractivity contribution in [2.24, 2.45) is 0 Å². The fourth-order valence-corrected chi connectivity index (χ4v) is 3.07. The van der Waals surface area contributed by atoms with Crippen molar-refractivity contribution >= 4 is 5.97 Å². The number of rotatable bonds is 15. The predicted octanol–water partition coefficient (Wildman–Crippen LogP) is 7.11. The summed E-state index contributed by atoms with van der Waals surface area (Å²) in [6, 6.07) is 7.73. The first-order valence-electron chi connectivity index (χ1n) is 10.5. The zero-order chi connectivity index (χ0) is 18.2. The summed E-state index contributed by atoms with van der Waals surface area (Å²) in [5, 5.41) is 0. The van der Waals surface area contributed by atoms with Crippen LogP contribution in [0.25, 0.3) is 0 Å². The molecule has 142 valence electrons. The Hall–Kier alpha value is -1.31. The minimum absolute atomic E-state index is 0.189. The average molecular weight is 347 g/mol. The van der Waals surface area contributed by atoms with Gasteiger partial charge >= 0.3 is 5.97 Å². The molecule has 0 aliphatic heterocycles. The van der Waals surface area contributed by atoms with Gasteiger partial charge in [-0.1, -0.05) is 96.6 Å². The van der Waals surface area contributed by atoms with E-state index >= 15 is 0 Å². The summed E-state index contributed by atoms with van der Waals surface area (Å²) < 4.78 is 5.35. The molecule has 1 aromatic rings. The molecule has 0 N–H and O–H groups in total. The zero-order valence-electron chi connectivity index (χ0n) is 16.5. The Labute approximate surface area is 155 Å². The largest absolute Gasteiger partial charge is 0.462 e. The van der Waals surface area contributed by atoms with E-state index in [1.54, 1.807) is 0 Å². The van der Waals surface area contributed by atoms with Gasteiger partial charge in [-0.3, -0.25) is 0 Å². The van der Waals surface area contributed by atoms with E-state index < -0.39 is 0 Å². The lowest BCUT2D eigenvalue weighted by molar-refractivity contribution is 0.0497. The van der Waals surface area contributed by atoms with Crippen LogP contribution in [0.4, 0.5) is 0 Å². The van der Waals surface area contributed by atoms with Gasteiger partial charge in [0.1, 0.15) is 0 Å². The molecule has 0 unspecified atom stereocenters. The fraction of sp³-hybridized carbons (Fsp3) is 0.696. The molecule has 1 aromatic carbocycles.